The van der Waals surface area contributed by atoms with Gasteiger partial charge in [-0.25, -0.2) is 13.6 Å². The summed E-state index contributed by atoms with van der Waals surface area (Å²) < 4.78 is 24.8. The van der Waals surface area contributed by atoms with Crippen LogP contribution in [0.25, 0.3) is 10.8 Å². The highest BCUT2D eigenvalue weighted by molar-refractivity contribution is 7.89. The molecular formula is C27H33N3O2S. The molecule has 0 radical (unpaired) electrons. The molecule has 0 bridgehead atoms. The molecule has 0 saturated carbocycles. The first-order chi connectivity index (χ1) is 15.5. The SMILES string of the molecule is CC[C@](C)(CN(CCC#N)c1cccc2ccccc12)c1c(C)cc(C)c(S(N)(=O)=O)c1C. The van der Waals surface area contributed by atoms with E-state index in [1.807, 2.05) is 38.1 Å². The number of primary sulfonamides is 1. The van der Waals surface area contributed by atoms with Crippen LogP contribution in [0.3, 0.4) is 0 Å². The zero-order valence-electron chi connectivity index (χ0n) is 20.1. The van der Waals surface area contributed by atoms with Gasteiger partial charge in [-0.1, -0.05) is 56.3 Å². The third kappa shape index (κ3) is 4.90. The van der Waals surface area contributed by atoms with E-state index < -0.39 is 10.0 Å². The molecule has 0 heterocycles. The van der Waals surface area contributed by atoms with Gasteiger partial charge in [-0.3, -0.25) is 0 Å². The van der Waals surface area contributed by atoms with Gasteiger partial charge in [0.1, 0.15) is 0 Å². The second-order valence-corrected chi connectivity index (χ2v) is 10.6. The van der Waals surface area contributed by atoms with Gasteiger partial charge in [0, 0.05) is 29.6 Å². The maximum absolute atomic E-state index is 12.4. The van der Waals surface area contributed by atoms with Crippen molar-refractivity contribution in [1.82, 2.24) is 0 Å². The molecule has 33 heavy (non-hydrogen) atoms. The number of hydrogen-bond acceptors (Lipinski definition) is 4. The molecule has 0 aromatic heterocycles. The van der Waals surface area contributed by atoms with Crippen LogP contribution in [0.1, 0.15) is 48.9 Å². The lowest BCUT2D eigenvalue weighted by molar-refractivity contribution is 0.443. The highest BCUT2D eigenvalue weighted by Gasteiger charge is 2.33. The maximum Gasteiger partial charge on any atom is 0.238 e. The molecular weight excluding hydrogens is 430 g/mol. The standard InChI is InChI=1S/C27H33N3O2S/c1-6-27(5,25-19(2)17-20(3)26(21(25)4)33(29,31)32)18-30(16-10-15-28)24-14-9-12-22-11-7-8-13-23(22)24/h7-9,11-14,17H,6,10,16,18H2,1-5H3,(H2,29,31,32)/t27-/m1/s1. The number of rotatable bonds is 8. The number of fused-ring (bicyclic) bond motifs is 1. The number of nitrogens with two attached hydrogens (primary N) is 1. The Labute approximate surface area is 197 Å². The lowest BCUT2D eigenvalue weighted by Gasteiger charge is -2.39. The Morgan fingerprint density at radius 2 is 1.73 bits per heavy atom. The summed E-state index contributed by atoms with van der Waals surface area (Å²) in [4.78, 5) is 2.49. The molecule has 1 atom stereocenters. The Morgan fingerprint density at radius 3 is 2.36 bits per heavy atom. The van der Waals surface area contributed by atoms with E-state index in [4.69, 9.17) is 5.14 Å². The Kier molecular flexibility index (Phi) is 7.16. The van der Waals surface area contributed by atoms with Crippen molar-refractivity contribution in [3.8, 4) is 6.07 Å². The first kappa shape index (κ1) is 24.8. The molecule has 3 aromatic rings. The predicted molar refractivity (Wildman–Crippen MR) is 136 cm³/mol. The van der Waals surface area contributed by atoms with E-state index in [1.54, 1.807) is 6.92 Å². The van der Waals surface area contributed by atoms with Crippen molar-refractivity contribution in [2.45, 2.75) is 57.8 Å². The summed E-state index contributed by atoms with van der Waals surface area (Å²) in [6, 6.07) is 18.7. The molecule has 3 rings (SSSR count). The van der Waals surface area contributed by atoms with E-state index in [-0.39, 0.29) is 10.3 Å². The fourth-order valence-corrected chi connectivity index (χ4v) is 6.31. The van der Waals surface area contributed by atoms with Crippen LogP contribution in [-0.4, -0.2) is 21.5 Å². The minimum absolute atomic E-state index is 0.219. The van der Waals surface area contributed by atoms with Crippen molar-refractivity contribution < 1.29 is 8.42 Å². The molecule has 174 valence electrons. The van der Waals surface area contributed by atoms with Crippen LogP contribution in [0.15, 0.2) is 53.4 Å². The van der Waals surface area contributed by atoms with Crippen LogP contribution in [0.4, 0.5) is 5.69 Å². The van der Waals surface area contributed by atoms with Crippen LogP contribution in [0.5, 0.6) is 0 Å². The van der Waals surface area contributed by atoms with E-state index in [1.165, 1.54) is 0 Å². The molecule has 6 heteroatoms. The summed E-state index contributed by atoms with van der Waals surface area (Å²) in [5.41, 5.74) is 4.19. The summed E-state index contributed by atoms with van der Waals surface area (Å²) >= 11 is 0. The van der Waals surface area contributed by atoms with Gasteiger partial charge in [-0.2, -0.15) is 5.26 Å². The topological polar surface area (TPSA) is 87.2 Å². The number of hydrogen-bond donors (Lipinski definition) is 1. The van der Waals surface area contributed by atoms with Crippen molar-refractivity contribution >= 4 is 26.5 Å². The summed E-state index contributed by atoms with van der Waals surface area (Å²) in [5.74, 6) is 0. The van der Waals surface area contributed by atoms with E-state index in [9.17, 15) is 13.7 Å². The van der Waals surface area contributed by atoms with Crippen molar-refractivity contribution in [1.29, 1.82) is 5.26 Å². The zero-order chi connectivity index (χ0) is 24.4. The average Bonchev–Trinajstić information content (AvgIpc) is 2.74. The second-order valence-electron chi connectivity index (χ2n) is 9.13. The number of aryl methyl sites for hydroxylation is 2. The monoisotopic (exact) mass is 463 g/mol. The zero-order valence-corrected chi connectivity index (χ0v) is 21.0. The summed E-state index contributed by atoms with van der Waals surface area (Å²) in [5, 5.41) is 17.2. The number of nitrogens with zero attached hydrogens (tertiary/aromatic N) is 2. The van der Waals surface area contributed by atoms with E-state index in [2.05, 4.69) is 49.1 Å². The van der Waals surface area contributed by atoms with Gasteiger partial charge in [0.15, 0.2) is 0 Å². The highest BCUT2D eigenvalue weighted by atomic mass is 32.2. The molecule has 0 aliphatic heterocycles. The van der Waals surface area contributed by atoms with Crippen LogP contribution in [0.2, 0.25) is 0 Å². The van der Waals surface area contributed by atoms with Crippen LogP contribution < -0.4 is 10.0 Å². The molecule has 3 aromatic carbocycles. The Bertz CT molecular complexity index is 1320. The van der Waals surface area contributed by atoms with Crippen LogP contribution in [0, 0.1) is 32.1 Å². The molecule has 0 fully saturated rings. The molecule has 5 nitrogen and oxygen atoms in total. The third-order valence-electron chi connectivity index (χ3n) is 6.71. The minimum Gasteiger partial charge on any atom is -0.369 e. The molecule has 0 aliphatic carbocycles. The highest BCUT2D eigenvalue weighted by Crippen LogP contribution is 2.39. The van der Waals surface area contributed by atoms with Crippen LogP contribution >= 0.6 is 0 Å². The third-order valence-corrected chi connectivity index (χ3v) is 7.91. The Balaban J connectivity index is 2.19. The largest absolute Gasteiger partial charge is 0.369 e. The van der Waals surface area contributed by atoms with Crippen LogP contribution in [-0.2, 0) is 15.4 Å². The molecule has 2 N–H and O–H groups in total. The lowest BCUT2D eigenvalue weighted by atomic mass is 9.74. The smallest absolute Gasteiger partial charge is 0.238 e. The number of anilines is 1. The van der Waals surface area contributed by atoms with Gasteiger partial charge in [-0.05, 0) is 60.9 Å². The van der Waals surface area contributed by atoms with Gasteiger partial charge in [0.25, 0.3) is 0 Å². The van der Waals surface area contributed by atoms with Gasteiger partial charge < -0.3 is 4.90 Å². The van der Waals surface area contributed by atoms with Crippen molar-refractivity contribution in [2.24, 2.45) is 5.14 Å². The summed E-state index contributed by atoms with van der Waals surface area (Å²) in [7, 11) is -3.85. The molecule has 0 unspecified atom stereocenters. The number of sulfonamides is 1. The Morgan fingerprint density at radius 1 is 1.06 bits per heavy atom. The fourth-order valence-electron chi connectivity index (χ4n) is 5.28. The van der Waals surface area contributed by atoms with Gasteiger partial charge >= 0.3 is 0 Å². The van der Waals surface area contributed by atoms with Crippen molar-refractivity contribution in [2.75, 3.05) is 18.0 Å². The second kappa shape index (κ2) is 9.54. The first-order valence-electron chi connectivity index (χ1n) is 11.3. The van der Waals surface area contributed by atoms with Gasteiger partial charge in [0.05, 0.1) is 17.4 Å². The van der Waals surface area contributed by atoms with Crippen molar-refractivity contribution in [3.05, 3.63) is 70.8 Å². The van der Waals surface area contributed by atoms with Crippen molar-refractivity contribution in [3.63, 3.8) is 0 Å². The molecule has 0 saturated heterocycles. The molecule has 0 aliphatic rings. The fraction of sp³-hybridized carbons (Fsp3) is 0.370. The van der Waals surface area contributed by atoms with E-state index in [0.717, 1.165) is 39.6 Å². The first-order valence-corrected chi connectivity index (χ1v) is 12.8. The Hall–Kier alpha value is -2.88. The molecule has 0 spiro atoms. The summed E-state index contributed by atoms with van der Waals surface area (Å²) in [6.07, 6.45) is 1.20. The number of nitriles is 1. The quantitative estimate of drug-likeness (QED) is 0.478. The summed E-state index contributed by atoms with van der Waals surface area (Å²) in [6.45, 7) is 11.2. The minimum atomic E-state index is -3.85. The lowest BCUT2D eigenvalue weighted by Crippen LogP contribution is -2.40. The maximum atomic E-state index is 12.4. The van der Waals surface area contributed by atoms with Gasteiger partial charge in [-0.15, -0.1) is 0 Å². The van der Waals surface area contributed by atoms with E-state index in [0.29, 0.717) is 25.1 Å². The average molecular weight is 464 g/mol. The molecule has 0 amide bonds. The van der Waals surface area contributed by atoms with Gasteiger partial charge in [0.2, 0.25) is 10.0 Å². The number of benzene rings is 3. The predicted octanol–water partition coefficient (Wildman–Crippen LogP) is 5.50. The normalized spacial score (nSPS) is 13.5. The van der Waals surface area contributed by atoms with E-state index >= 15 is 0 Å².